The highest BCUT2D eigenvalue weighted by Gasteiger charge is 2.18. The third-order valence-corrected chi connectivity index (χ3v) is 5.40. The molecule has 2 aromatic carbocycles. The summed E-state index contributed by atoms with van der Waals surface area (Å²) < 4.78 is 10.9. The van der Waals surface area contributed by atoms with Crippen molar-refractivity contribution in [1.82, 2.24) is 15.2 Å². The van der Waals surface area contributed by atoms with Gasteiger partial charge in [-0.25, -0.2) is 0 Å². The fourth-order valence-electron chi connectivity index (χ4n) is 3.63. The first kappa shape index (κ1) is 21.5. The van der Waals surface area contributed by atoms with Gasteiger partial charge in [0.25, 0.3) is 0 Å². The summed E-state index contributed by atoms with van der Waals surface area (Å²) in [5.74, 6) is 2.04. The van der Waals surface area contributed by atoms with Crippen LogP contribution in [0.3, 0.4) is 0 Å². The number of nitrogens with zero attached hydrogens (tertiary/aromatic N) is 4. The molecular weight excluding hydrogens is 407 g/mol. The second-order valence-corrected chi connectivity index (χ2v) is 7.35. The van der Waals surface area contributed by atoms with E-state index in [-0.39, 0.29) is 0 Å². The molecule has 0 saturated heterocycles. The number of aryl methyl sites for hydroxylation is 1. The number of rotatable bonds is 6. The molecule has 0 atom stereocenters. The highest BCUT2D eigenvalue weighted by molar-refractivity contribution is 6.58. The molecule has 0 saturated carbocycles. The number of anilines is 2. The van der Waals surface area contributed by atoms with Gasteiger partial charge in [0, 0.05) is 41.7 Å². The van der Waals surface area contributed by atoms with Crippen molar-refractivity contribution in [2.24, 2.45) is 0 Å². The standard InChI is InChI=1S/C23H23BN4O4/c1-14-20-10-15(16-9-17(24(29)30)13-25-12-16)5-7-19(20)23(27-26-14)28(2)21-8-6-18(31-3)11-22(21)32-4/h5-13,29-30H,1-4H3. The summed E-state index contributed by atoms with van der Waals surface area (Å²) in [4.78, 5) is 6.05. The highest BCUT2D eigenvalue weighted by Crippen LogP contribution is 2.38. The Morgan fingerprint density at radius 3 is 2.41 bits per heavy atom. The fraction of sp³-hybridized carbons (Fsp3) is 0.174. The van der Waals surface area contributed by atoms with E-state index in [4.69, 9.17) is 9.47 Å². The number of fused-ring (bicyclic) bond motifs is 1. The molecule has 4 rings (SSSR count). The summed E-state index contributed by atoms with van der Waals surface area (Å²) in [6.45, 7) is 1.91. The Kier molecular flexibility index (Phi) is 5.94. The zero-order valence-corrected chi connectivity index (χ0v) is 18.3. The average molecular weight is 430 g/mol. The topological polar surface area (TPSA) is 101 Å². The number of pyridine rings is 1. The second kappa shape index (κ2) is 8.82. The van der Waals surface area contributed by atoms with E-state index >= 15 is 0 Å². The Labute approximate surface area is 186 Å². The third kappa shape index (κ3) is 3.95. The van der Waals surface area contributed by atoms with Crippen LogP contribution in [0.2, 0.25) is 0 Å². The molecule has 162 valence electrons. The van der Waals surface area contributed by atoms with E-state index in [2.05, 4.69) is 15.2 Å². The van der Waals surface area contributed by atoms with Crippen molar-refractivity contribution in [1.29, 1.82) is 0 Å². The molecule has 0 unspecified atom stereocenters. The molecule has 0 aliphatic carbocycles. The van der Waals surface area contributed by atoms with Gasteiger partial charge in [0.2, 0.25) is 0 Å². The Hall–Kier alpha value is -3.69. The molecule has 2 heterocycles. The van der Waals surface area contributed by atoms with Crippen molar-refractivity contribution in [3.63, 3.8) is 0 Å². The molecule has 0 radical (unpaired) electrons. The van der Waals surface area contributed by atoms with E-state index in [9.17, 15) is 10.0 Å². The monoisotopic (exact) mass is 430 g/mol. The lowest BCUT2D eigenvalue weighted by atomic mass is 9.80. The van der Waals surface area contributed by atoms with Crippen LogP contribution < -0.4 is 19.8 Å². The highest BCUT2D eigenvalue weighted by atomic mass is 16.5. The van der Waals surface area contributed by atoms with E-state index in [1.54, 1.807) is 26.5 Å². The summed E-state index contributed by atoms with van der Waals surface area (Å²) in [6.07, 6.45) is 3.12. The smallest absolute Gasteiger partial charge is 0.490 e. The molecule has 0 spiro atoms. The number of benzene rings is 2. The molecule has 9 heteroatoms. The van der Waals surface area contributed by atoms with Crippen LogP contribution in [0.5, 0.6) is 11.5 Å². The van der Waals surface area contributed by atoms with Crippen LogP contribution in [-0.2, 0) is 0 Å². The molecule has 0 fully saturated rings. The summed E-state index contributed by atoms with van der Waals surface area (Å²) in [6, 6.07) is 13.3. The van der Waals surface area contributed by atoms with Crippen molar-refractivity contribution >= 4 is 34.9 Å². The summed E-state index contributed by atoms with van der Waals surface area (Å²) in [5.41, 5.74) is 3.61. The maximum absolute atomic E-state index is 9.47. The van der Waals surface area contributed by atoms with Crippen LogP contribution in [0.15, 0.2) is 54.9 Å². The minimum Gasteiger partial charge on any atom is -0.497 e. The molecule has 2 N–H and O–H groups in total. The van der Waals surface area contributed by atoms with Gasteiger partial charge >= 0.3 is 7.12 Å². The number of methoxy groups -OCH3 is 2. The zero-order chi connectivity index (χ0) is 22.8. The molecule has 32 heavy (non-hydrogen) atoms. The van der Waals surface area contributed by atoms with E-state index in [0.717, 1.165) is 33.3 Å². The van der Waals surface area contributed by atoms with Gasteiger partial charge in [-0.1, -0.05) is 12.1 Å². The summed E-state index contributed by atoms with van der Waals surface area (Å²) >= 11 is 0. The van der Waals surface area contributed by atoms with Crippen molar-refractivity contribution in [2.75, 3.05) is 26.2 Å². The van der Waals surface area contributed by atoms with Gasteiger partial charge in [-0.3, -0.25) is 4.98 Å². The molecule has 4 aromatic rings. The second-order valence-electron chi connectivity index (χ2n) is 7.35. The lowest BCUT2D eigenvalue weighted by Crippen LogP contribution is -2.30. The maximum Gasteiger partial charge on any atom is 0.490 e. The van der Waals surface area contributed by atoms with Gasteiger partial charge in [-0.15, -0.1) is 5.10 Å². The molecule has 0 aliphatic heterocycles. The lowest BCUT2D eigenvalue weighted by molar-refractivity contribution is 0.395. The van der Waals surface area contributed by atoms with Gasteiger partial charge in [-0.05, 0) is 42.3 Å². The summed E-state index contributed by atoms with van der Waals surface area (Å²) in [7, 11) is 3.56. The van der Waals surface area contributed by atoms with Crippen LogP contribution in [0, 0.1) is 6.92 Å². The van der Waals surface area contributed by atoms with E-state index in [1.807, 2.05) is 55.3 Å². The normalized spacial score (nSPS) is 10.8. The van der Waals surface area contributed by atoms with Gasteiger partial charge in [0.05, 0.1) is 25.6 Å². The molecule has 0 amide bonds. The molecule has 8 nitrogen and oxygen atoms in total. The number of hydrogen-bond acceptors (Lipinski definition) is 8. The van der Waals surface area contributed by atoms with Gasteiger partial charge in [0.15, 0.2) is 5.82 Å². The van der Waals surface area contributed by atoms with Crippen molar-refractivity contribution < 1.29 is 19.5 Å². The molecule has 2 aromatic heterocycles. The van der Waals surface area contributed by atoms with Crippen molar-refractivity contribution in [3.8, 4) is 22.6 Å². The Bertz CT molecular complexity index is 1280. The first-order valence-corrected chi connectivity index (χ1v) is 9.97. The van der Waals surface area contributed by atoms with Crippen molar-refractivity contribution in [2.45, 2.75) is 6.92 Å². The van der Waals surface area contributed by atoms with Crippen molar-refractivity contribution in [3.05, 3.63) is 60.6 Å². The SMILES string of the molecule is COc1ccc(N(C)c2nnc(C)c3cc(-c4cncc(B(O)O)c4)ccc23)c(OC)c1. The van der Waals surface area contributed by atoms with E-state index in [0.29, 0.717) is 22.8 Å². The van der Waals surface area contributed by atoms with Crippen LogP contribution in [-0.4, -0.2) is 53.6 Å². The minimum absolute atomic E-state index is 0.333. The lowest BCUT2D eigenvalue weighted by Gasteiger charge is -2.22. The number of hydrogen-bond donors (Lipinski definition) is 2. The quantitative estimate of drug-likeness (QED) is 0.450. The maximum atomic E-state index is 9.47. The predicted octanol–water partition coefficient (Wildman–Crippen LogP) is 2.47. The van der Waals surface area contributed by atoms with Gasteiger partial charge in [-0.2, -0.15) is 5.10 Å². The number of aromatic nitrogens is 3. The zero-order valence-electron chi connectivity index (χ0n) is 18.3. The Balaban J connectivity index is 1.81. The number of ether oxygens (including phenoxy) is 2. The minimum atomic E-state index is -1.57. The first-order chi connectivity index (χ1) is 15.4. The summed E-state index contributed by atoms with van der Waals surface area (Å²) in [5, 5.41) is 29.6. The van der Waals surface area contributed by atoms with E-state index in [1.165, 1.54) is 6.20 Å². The molecule has 0 aliphatic rings. The Morgan fingerprint density at radius 1 is 0.875 bits per heavy atom. The van der Waals surface area contributed by atoms with Crippen LogP contribution in [0.25, 0.3) is 21.9 Å². The van der Waals surface area contributed by atoms with Crippen LogP contribution in [0.4, 0.5) is 11.5 Å². The predicted molar refractivity (Wildman–Crippen MR) is 125 cm³/mol. The largest absolute Gasteiger partial charge is 0.497 e. The average Bonchev–Trinajstić information content (AvgIpc) is 2.83. The van der Waals surface area contributed by atoms with Gasteiger partial charge in [0.1, 0.15) is 11.5 Å². The van der Waals surface area contributed by atoms with E-state index < -0.39 is 7.12 Å². The fourth-order valence-corrected chi connectivity index (χ4v) is 3.63. The molecule has 0 bridgehead atoms. The third-order valence-electron chi connectivity index (χ3n) is 5.40. The molecular formula is C23H23BN4O4. The van der Waals surface area contributed by atoms with Crippen LogP contribution in [0.1, 0.15) is 5.69 Å². The Morgan fingerprint density at radius 2 is 1.69 bits per heavy atom. The van der Waals surface area contributed by atoms with Gasteiger partial charge < -0.3 is 24.4 Å². The van der Waals surface area contributed by atoms with Crippen LogP contribution >= 0.6 is 0 Å². The first-order valence-electron chi connectivity index (χ1n) is 9.97.